The molecule has 1 aromatic carbocycles. The number of nitrogens with one attached hydrogen (secondary N) is 2. The Hall–Kier alpha value is -3.71. The van der Waals surface area contributed by atoms with Gasteiger partial charge in [0.15, 0.2) is 6.29 Å². The summed E-state index contributed by atoms with van der Waals surface area (Å²) < 4.78 is 30.9. The number of amides is 1. The largest absolute Gasteiger partial charge is 0.378 e. The van der Waals surface area contributed by atoms with Gasteiger partial charge in [-0.2, -0.15) is 0 Å². The molecule has 2 fully saturated rings. The van der Waals surface area contributed by atoms with Crippen LogP contribution in [0, 0.1) is 11.7 Å². The van der Waals surface area contributed by atoms with E-state index in [1.54, 1.807) is 40.6 Å². The zero-order valence-corrected chi connectivity index (χ0v) is 22.5. The number of carbonyl (C=O) groups excluding carboxylic acids is 1. The lowest BCUT2D eigenvalue weighted by Crippen LogP contribution is -2.48. The Labute approximate surface area is 234 Å². The number of morpholine rings is 1. The highest BCUT2D eigenvalue weighted by Gasteiger charge is 2.32. The number of carbonyl (C=O) groups is 1. The first kappa shape index (κ1) is 26.5. The van der Waals surface area contributed by atoms with E-state index in [4.69, 9.17) is 24.2 Å². The van der Waals surface area contributed by atoms with E-state index in [0.717, 1.165) is 5.56 Å². The fourth-order valence-electron chi connectivity index (χ4n) is 4.69. The zero-order chi connectivity index (χ0) is 27.3. The second kappa shape index (κ2) is 12.2. The Morgan fingerprint density at radius 1 is 1.10 bits per heavy atom. The third-order valence-electron chi connectivity index (χ3n) is 6.78. The Kier molecular flexibility index (Phi) is 8.09. The molecule has 0 radical (unpaired) electrons. The maximum absolute atomic E-state index is 13.7. The van der Waals surface area contributed by atoms with Crippen molar-refractivity contribution in [3.05, 3.63) is 70.6 Å². The highest BCUT2D eigenvalue weighted by atomic mass is 32.1. The summed E-state index contributed by atoms with van der Waals surface area (Å²) in [5.41, 5.74) is 2.70. The summed E-state index contributed by atoms with van der Waals surface area (Å²) in [6, 6.07) is 12.0. The summed E-state index contributed by atoms with van der Waals surface area (Å²) in [5, 5.41) is 5.28. The van der Waals surface area contributed by atoms with E-state index in [2.05, 4.69) is 15.3 Å². The Morgan fingerprint density at radius 2 is 1.90 bits per heavy atom. The van der Waals surface area contributed by atoms with Crippen LogP contribution in [0.3, 0.4) is 0 Å². The number of aromatic nitrogens is 4. The number of anilines is 1. The molecule has 208 valence electrons. The number of imidazole rings is 1. The zero-order valence-electron chi connectivity index (χ0n) is 21.7. The normalized spacial score (nSPS) is 19.5. The summed E-state index contributed by atoms with van der Waals surface area (Å²) in [4.78, 5) is 33.0. The number of thiophene rings is 1. The standard InChI is InChI=1S/C28H29FN6O4S/c29-20-5-3-18(4-6-20)25-26(22-7-8-30-28(32-22)31-15-21-2-1-13-40-21)34-23(33-25)14-24-38-16-19(17-39-24)27(36)35-9-11-37-12-10-35/h1-8,13,19,24H,9-12,14-17H2,(H,33,34)(H,30,31,32). The van der Waals surface area contributed by atoms with Gasteiger partial charge in [0.05, 0.1) is 62.4 Å². The Balaban J connectivity index is 1.18. The second-order valence-electron chi connectivity index (χ2n) is 9.55. The third kappa shape index (κ3) is 6.20. The first-order valence-electron chi connectivity index (χ1n) is 13.2. The highest BCUT2D eigenvalue weighted by molar-refractivity contribution is 7.09. The molecular formula is C28H29FN6O4S. The van der Waals surface area contributed by atoms with Crippen LogP contribution in [0.1, 0.15) is 10.7 Å². The van der Waals surface area contributed by atoms with Crippen LogP contribution >= 0.6 is 11.3 Å². The first-order valence-corrected chi connectivity index (χ1v) is 14.0. The quantitative estimate of drug-likeness (QED) is 0.333. The SMILES string of the molecule is O=C(C1COC(Cc2nc(-c3ccc(F)cc3)c(-c3ccnc(NCc4cccs4)n3)[nH]2)OC1)N1CCOCC1. The molecule has 2 aliphatic heterocycles. The van der Waals surface area contributed by atoms with Crippen molar-refractivity contribution in [2.45, 2.75) is 19.3 Å². The van der Waals surface area contributed by atoms with Crippen LogP contribution in [0.4, 0.5) is 10.3 Å². The molecule has 0 bridgehead atoms. The second-order valence-corrected chi connectivity index (χ2v) is 10.6. The van der Waals surface area contributed by atoms with E-state index in [1.165, 1.54) is 17.0 Å². The Bertz CT molecular complexity index is 1420. The van der Waals surface area contributed by atoms with E-state index in [1.807, 2.05) is 17.5 Å². The summed E-state index contributed by atoms with van der Waals surface area (Å²) in [6.07, 6.45) is 1.48. The van der Waals surface area contributed by atoms with Gasteiger partial charge >= 0.3 is 0 Å². The van der Waals surface area contributed by atoms with Crippen LogP contribution in [-0.4, -0.2) is 76.6 Å². The van der Waals surface area contributed by atoms with Gasteiger partial charge in [-0.3, -0.25) is 4.79 Å². The number of hydrogen-bond acceptors (Lipinski definition) is 9. The molecular weight excluding hydrogens is 535 g/mol. The number of halogens is 1. The van der Waals surface area contributed by atoms with Crippen molar-refractivity contribution in [3.8, 4) is 22.6 Å². The highest BCUT2D eigenvalue weighted by Crippen LogP contribution is 2.30. The van der Waals surface area contributed by atoms with Crippen LogP contribution < -0.4 is 5.32 Å². The smallest absolute Gasteiger partial charge is 0.230 e. The van der Waals surface area contributed by atoms with E-state index in [0.29, 0.717) is 68.1 Å². The maximum atomic E-state index is 13.7. The van der Waals surface area contributed by atoms with Crippen molar-refractivity contribution in [1.29, 1.82) is 0 Å². The van der Waals surface area contributed by atoms with Gasteiger partial charge in [0.1, 0.15) is 11.6 Å². The number of aromatic amines is 1. The number of hydrogen-bond donors (Lipinski definition) is 2. The van der Waals surface area contributed by atoms with E-state index < -0.39 is 6.29 Å². The molecule has 0 spiro atoms. The lowest BCUT2D eigenvalue weighted by atomic mass is 10.1. The van der Waals surface area contributed by atoms with Crippen LogP contribution in [0.15, 0.2) is 54.0 Å². The van der Waals surface area contributed by atoms with Gasteiger partial charge in [0, 0.05) is 29.7 Å². The van der Waals surface area contributed by atoms with Crippen LogP contribution in [-0.2, 0) is 32.0 Å². The number of H-pyrrole nitrogens is 1. The van der Waals surface area contributed by atoms with Crippen molar-refractivity contribution in [2.24, 2.45) is 5.92 Å². The van der Waals surface area contributed by atoms with Gasteiger partial charge in [0.2, 0.25) is 11.9 Å². The van der Waals surface area contributed by atoms with Gasteiger partial charge in [-0.05, 0) is 41.8 Å². The number of ether oxygens (including phenoxy) is 3. The average Bonchev–Trinajstić information content (AvgIpc) is 3.68. The number of rotatable bonds is 8. The molecule has 10 nitrogen and oxygen atoms in total. The van der Waals surface area contributed by atoms with Crippen molar-refractivity contribution >= 4 is 23.2 Å². The van der Waals surface area contributed by atoms with Crippen molar-refractivity contribution < 1.29 is 23.4 Å². The van der Waals surface area contributed by atoms with Gasteiger partial charge in [-0.15, -0.1) is 11.3 Å². The lowest BCUT2D eigenvalue weighted by Gasteiger charge is -2.33. The molecule has 2 aliphatic rings. The van der Waals surface area contributed by atoms with Crippen LogP contribution in [0.5, 0.6) is 0 Å². The lowest BCUT2D eigenvalue weighted by molar-refractivity contribution is -0.205. The summed E-state index contributed by atoms with van der Waals surface area (Å²) >= 11 is 1.66. The molecule has 40 heavy (non-hydrogen) atoms. The summed E-state index contributed by atoms with van der Waals surface area (Å²) in [5.74, 6) is 0.490. The number of nitrogens with zero attached hydrogens (tertiary/aromatic N) is 4. The monoisotopic (exact) mass is 564 g/mol. The van der Waals surface area contributed by atoms with Crippen molar-refractivity contribution in [2.75, 3.05) is 44.8 Å². The molecule has 1 amide bonds. The van der Waals surface area contributed by atoms with Gasteiger partial charge in [-0.1, -0.05) is 6.07 Å². The van der Waals surface area contributed by atoms with Crippen molar-refractivity contribution in [3.63, 3.8) is 0 Å². The van der Waals surface area contributed by atoms with Crippen molar-refractivity contribution in [1.82, 2.24) is 24.8 Å². The summed E-state index contributed by atoms with van der Waals surface area (Å²) in [6.45, 7) is 3.47. The maximum Gasteiger partial charge on any atom is 0.230 e. The molecule has 6 rings (SSSR count). The fourth-order valence-corrected chi connectivity index (χ4v) is 5.33. The molecule has 0 saturated carbocycles. The Morgan fingerprint density at radius 3 is 2.65 bits per heavy atom. The molecule has 5 heterocycles. The van der Waals surface area contributed by atoms with E-state index in [9.17, 15) is 9.18 Å². The van der Waals surface area contributed by atoms with Gasteiger partial charge < -0.3 is 29.4 Å². The predicted octanol–water partition coefficient (Wildman–Crippen LogP) is 3.74. The number of benzene rings is 1. The molecule has 2 saturated heterocycles. The third-order valence-corrected chi connectivity index (χ3v) is 7.66. The average molecular weight is 565 g/mol. The van der Waals surface area contributed by atoms with E-state index >= 15 is 0 Å². The molecule has 0 unspecified atom stereocenters. The molecule has 12 heteroatoms. The summed E-state index contributed by atoms with van der Waals surface area (Å²) in [7, 11) is 0. The van der Waals surface area contributed by atoms with Crippen LogP contribution in [0.2, 0.25) is 0 Å². The minimum Gasteiger partial charge on any atom is -0.378 e. The van der Waals surface area contributed by atoms with Gasteiger partial charge in [0.25, 0.3) is 0 Å². The van der Waals surface area contributed by atoms with Crippen LogP contribution in [0.25, 0.3) is 22.6 Å². The van der Waals surface area contributed by atoms with E-state index in [-0.39, 0.29) is 30.9 Å². The predicted molar refractivity (Wildman–Crippen MR) is 147 cm³/mol. The molecule has 2 N–H and O–H groups in total. The minimum atomic E-state index is -0.553. The fraction of sp³-hybridized carbons (Fsp3) is 0.357. The molecule has 0 aliphatic carbocycles. The topological polar surface area (TPSA) is 114 Å². The molecule has 0 atom stereocenters. The van der Waals surface area contributed by atoms with Gasteiger partial charge in [-0.25, -0.2) is 19.3 Å². The molecule has 4 aromatic rings. The first-order chi connectivity index (χ1) is 19.6. The molecule has 3 aromatic heterocycles. The minimum absolute atomic E-state index is 0.0351.